The number of ether oxygens (including phenoxy) is 1. The summed E-state index contributed by atoms with van der Waals surface area (Å²) >= 11 is 0. The maximum Gasteiger partial charge on any atom is 0.224 e. The van der Waals surface area contributed by atoms with Crippen LogP contribution >= 0.6 is 0 Å². The number of nitrogens with one attached hydrogen (secondary N) is 2. The Morgan fingerprint density at radius 2 is 2.38 bits per heavy atom. The van der Waals surface area contributed by atoms with Gasteiger partial charge >= 0.3 is 0 Å². The van der Waals surface area contributed by atoms with E-state index in [1.807, 2.05) is 0 Å². The van der Waals surface area contributed by atoms with Crippen molar-refractivity contribution in [2.24, 2.45) is 11.8 Å². The Hall–Kier alpha value is -1.62. The molecule has 116 valence electrons. The van der Waals surface area contributed by atoms with Crippen molar-refractivity contribution in [2.75, 3.05) is 25.5 Å². The second-order valence-corrected chi connectivity index (χ2v) is 5.68. The van der Waals surface area contributed by atoms with Gasteiger partial charge in [0, 0.05) is 12.5 Å². The van der Waals surface area contributed by atoms with Gasteiger partial charge in [-0.05, 0) is 49.9 Å². The van der Waals surface area contributed by atoms with E-state index in [1.165, 1.54) is 38.2 Å². The van der Waals surface area contributed by atoms with Gasteiger partial charge in [-0.15, -0.1) is 0 Å². The number of hydrogen-bond acceptors (Lipinski definition) is 3. The van der Waals surface area contributed by atoms with Crippen molar-refractivity contribution in [3.05, 3.63) is 24.0 Å². The van der Waals surface area contributed by atoms with Crippen molar-refractivity contribution in [1.82, 2.24) is 5.32 Å². The molecule has 1 saturated heterocycles. The molecule has 0 aromatic heterocycles. The number of amides is 1. The molecule has 2 unspecified atom stereocenters. The largest absolute Gasteiger partial charge is 0.494 e. The predicted octanol–water partition coefficient (Wildman–Crippen LogP) is 2.80. The fourth-order valence-corrected chi connectivity index (χ4v) is 2.79. The zero-order valence-electron chi connectivity index (χ0n) is 12.6. The Morgan fingerprint density at radius 1 is 1.57 bits per heavy atom. The maximum absolute atomic E-state index is 13.1. The maximum atomic E-state index is 13.1. The Bertz CT molecular complexity index is 487. The molecule has 2 atom stereocenters. The van der Waals surface area contributed by atoms with E-state index in [0.29, 0.717) is 29.7 Å². The summed E-state index contributed by atoms with van der Waals surface area (Å²) in [7, 11) is 1.46. The van der Waals surface area contributed by atoms with E-state index in [4.69, 9.17) is 4.74 Å². The van der Waals surface area contributed by atoms with E-state index in [0.717, 1.165) is 13.1 Å². The monoisotopic (exact) mass is 294 g/mol. The summed E-state index contributed by atoms with van der Waals surface area (Å²) in [5.74, 6) is 0.767. The lowest BCUT2D eigenvalue weighted by atomic mass is 9.85. The van der Waals surface area contributed by atoms with E-state index in [2.05, 4.69) is 17.6 Å². The van der Waals surface area contributed by atoms with Crippen LogP contribution < -0.4 is 15.4 Å². The van der Waals surface area contributed by atoms with E-state index >= 15 is 0 Å². The third-order valence-corrected chi connectivity index (χ3v) is 4.08. The highest BCUT2D eigenvalue weighted by Gasteiger charge is 2.22. The number of halogens is 1. The molecule has 0 bridgehead atoms. The number of anilines is 1. The van der Waals surface area contributed by atoms with Gasteiger partial charge in [0.2, 0.25) is 5.91 Å². The highest BCUT2D eigenvalue weighted by atomic mass is 19.1. The lowest BCUT2D eigenvalue weighted by Gasteiger charge is -2.28. The first-order chi connectivity index (χ1) is 10.1. The van der Waals surface area contributed by atoms with Gasteiger partial charge in [-0.2, -0.15) is 0 Å². The van der Waals surface area contributed by atoms with Gasteiger partial charge < -0.3 is 15.4 Å². The van der Waals surface area contributed by atoms with Crippen LogP contribution in [0.15, 0.2) is 18.2 Å². The lowest BCUT2D eigenvalue weighted by Crippen LogP contribution is -2.34. The standard InChI is InChI=1S/C16H23FN2O2/c1-11(12-4-3-7-18-10-12)8-16(20)19-14-6-5-13(17)9-15(14)21-2/h5-6,9,11-12,18H,3-4,7-8,10H2,1-2H3,(H,19,20). The zero-order valence-corrected chi connectivity index (χ0v) is 12.6. The molecular weight excluding hydrogens is 271 g/mol. The quantitative estimate of drug-likeness (QED) is 0.878. The van der Waals surface area contributed by atoms with Crippen LogP contribution in [0.1, 0.15) is 26.2 Å². The van der Waals surface area contributed by atoms with Crippen molar-refractivity contribution in [2.45, 2.75) is 26.2 Å². The summed E-state index contributed by atoms with van der Waals surface area (Å²) in [6.07, 6.45) is 2.80. The van der Waals surface area contributed by atoms with Crippen LogP contribution in [0.5, 0.6) is 5.75 Å². The fourth-order valence-electron chi connectivity index (χ4n) is 2.79. The lowest BCUT2D eigenvalue weighted by molar-refractivity contribution is -0.117. The van der Waals surface area contributed by atoms with Gasteiger partial charge in [-0.1, -0.05) is 6.92 Å². The second-order valence-electron chi connectivity index (χ2n) is 5.68. The summed E-state index contributed by atoms with van der Waals surface area (Å²) in [6.45, 7) is 4.16. The predicted molar refractivity (Wildman–Crippen MR) is 81.0 cm³/mol. The molecule has 1 heterocycles. The van der Waals surface area contributed by atoms with E-state index < -0.39 is 0 Å². The number of carbonyl (C=O) groups is 1. The molecule has 1 fully saturated rings. The van der Waals surface area contributed by atoms with Gasteiger partial charge in [0.1, 0.15) is 11.6 Å². The SMILES string of the molecule is COc1cc(F)ccc1NC(=O)CC(C)C1CCCNC1. The summed E-state index contributed by atoms with van der Waals surface area (Å²) in [5.41, 5.74) is 0.512. The molecule has 21 heavy (non-hydrogen) atoms. The minimum Gasteiger partial charge on any atom is -0.494 e. The number of rotatable bonds is 5. The minimum atomic E-state index is -0.383. The van der Waals surface area contributed by atoms with Gasteiger partial charge in [-0.25, -0.2) is 4.39 Å². The Kier molecular flexibility index (Phi) is 5.56. The summed E-state index contributed by atoms with van der Waals surface area (Å²) < 4.78 is 18.2. The molecule has 1 aliphatic heterocycles. The van der Waals surface area contributed by atoms with Gasteiger partial charge in [0.05, 0.1) is 12.8 Å². The Balaban J connectivity index is 1.92. The molecule has 0 spiro atoms. The molecule has 1 amide bonds. The highest BCUT2D eigenvalue weighted by Crippen LogP contribution is 2.27. The molecule has 2 rings (SSSR count). The Morgan fingerprint density at radius 3 is 3.05 bits per heavy atom. The summed E-state index contributed by atoms with van der Waals surface area (Å²) in [6, 6.07) is 4.11. The first kappa shape index (κ1) is 15.8. The zero-order chi connectivity index (χ0) is 15.2. The van der Waals surface area contributed by atoms with Gasteiger partial charge in [0.15, 0.2) is 0 Å². The van der Waals surface area contributed by atoms with Crippen molar-refractivity contribution >= 4 is 11.6 Å². The fraction of sp³-hybridized carbons (Fsp3) is 0.562. The molecule has 2 N–H and O–H groups in total. The molecule has 0 radical (unpaired) electrons. The number of piperidine rings is 1. The van der Waals surface area contributed by atoms with E-state index in [9.17, 15) is 9.18 Å². The summed E-state index contributed by atoms with van der Waals surface area (Å²) in [4.78, 5) is 12.1. The van der Waals surface area contributed by atoms with Crippen molar-refractivity contribution in [1.29, 1.82) is 0 Å². The molecule has 4 nitrogen and oxygen atoms in total. The number of methoxy groups -OCH3 is 1. The summed E-state index contributed by atoms with van der Waals surface area (Å²) in [5, 5.41) is 6.18. The molecule has 1 aliphatic rings. The van der Waals surface area contributed by atoms with Crippen molar-refractivity contribution in [3.63, 3.8) is 0 Å². The molecule has 0 saturated carbocycles. The van der Waals surface area contributed by atoms with Crippen LogP contribution in [0.3, 0.4) is 0 Å². The van der Waals surface area contributed by atoms with Crippen LogP contribution in [0, 0.1) is 17.7 Å². The average Bonchev–Trinajstić information content (AvgIpc) is 2.49. The first-order valence-electron chi connectivity index (χ1n) is 7.44. The number of benzene rings is 1. The average molecular weight is 294 g/mol. The minimum absolute atomic E-state index is 0.0574. The molecule has 0 aliphatic carbocycles. The first-order valence-corrected chi connectivity index (χ1v) is 7.44. The van der Waals surface area contributed by atoms with Crippen molar-refractivity contribution < 1.29 is 13.9 Å². The Labute approximate surface area is 125 Å². The highest BCUT2D eigenvalue weighted by molar-refractivity contribution is 5.92. The third kappa shape index (κ3) is 4.43. The van der Waals surface area contributed by atoms with E-state index in [1.54, 1.807) is 0 Å². The molecule has 5 heteroatoms. The normalized spacial score (nSPS) is 19.9. The number of carbonyl (C=O) groups excluding carboxylic acids is 1. The van der Waals surface area contributed by atoms with Crippen LogP contribution in [0.2, 0.25) is 0 Å². The van der Waals surface area contributed by atoms with Gasteiger partial charge in [-0.3, -0.25) is 4.79 Å². The van der Waals surface area contributed by atoms with Crippen LogP contribution in [0.4, 0.5) is 10.1 Å². The van der Waals surface area contributed by atoms with Crippen LogP contribution in [0.25, 0.3) is 0 Å². The third-order valence-electron chi connectivity index (χ3n) is 4.08. The van der Waals surface area contributed by atoms with Crippen LogP contribution in [-0.4, -0.2) is 26.1 Å². The van der Waals surface area contributed by atoms with Gasteiger partial charge in [0.25, 0.3) is 0 Å². The topological polar surface area (TPSA) is 50.4 Å². The van der Waals surface area contributed by atoms with E-state index in [-0.39, 0.29) is 11.7 Å². The second kappa shape index (κ2) is 7.41. The van der Waals surface area contributed by atoms with Crippen LogP contribution in [-0.2, 0) is 4.79 Å². The smallest absolute Gasteiger partial charge is 0.224 e. The molecule has 1 aromatic carbocycles. The molecule has 1 aromatic rings. The number of hydrogen-bond donors (Lipinski definition) is 2. The molecular formula is C16H23FN2O2. The van der Waals surface area contributed by atoms with Crippen molar-refractivity contribution in [3.8, 4) is 5.75 Å².